The zero-order valence-electron chi connectivity index (χ0n) is 9.88. The van der Waals surface area contributed by atoms with Crippen LogP contribution in [-0.4, -0.2) is 33.0 Å². The van der Waals surface area contributed by atoms with Gasteiger partial charge in [-0.15, -0.1) is 10.2 Å². The third-order valence-corrected chi connectivity index (χ3v) is 2.33. The predicted molar refractivity (Wildman–Crippen MR) is 63.5 cm³/mol. The van der Waals surface area contributed by atoms with Crippen LogP contribution in [0.2, 0.25) is 0 Å². The maximum Gasteiger partial charge on any atom is 0.239 e. The number of nitrogens with zero attached hydrogens (tertiary/aromatic N) is 3. The summed E-state index contributed by atoms with van der Waals surface area (Å²) in [5.41, 5.74) is 0.726. The molecule has 0 saturated heterocycles. The summed E-state index contributed by atoms with van der Waals surface area (Å²) in [5.74, 6) is 0.137. The standard InChI is InChI=1S/C11H13N5O2/c1-8(17)12-7-11(18)13-6-10-15-14-9-4-2-3-5-16(9)10/h2-5H,6-7H2,1H3,(H,12,17)(H,13,18). The third kappa shape index (κ3) is 2.82. The first-order chi connectivity index (χ1) is 8.66. The Morgan fingerprint density at radius 1 is 1.28 bits per heavy atom. The Labute approximate surface area is 103 Å². The Morgan fingerprint density at radius 2 is 2.11 bits per heavy atom. The van der Waals surface area contributed by atoms with Gasteiger partial charge in [-0.2, -0.15) is 0 Å². The van der Waals surface area contributed by atoms with Crippen LogP contribution >= 0.6 is 0 Å². The van der Waals surface area contributed by atoms with Crippen LogP contribution in [0.15, 0.2) is 24.4 Å². The molecule has 2 heterocycles. The van der Waals surface area contributed by atoms with Gasteiger partial charge >= 0.3 is 0 Å². The Kier molecular flexibility index (Phi) is 3.52. The van der Waals surface area contributed by atoms with Gasteiger partial charge in [0.15, 0.2) is 11.5 Å². The number of amides is 2. The second-order valence-corrected chi connectivity index (χ2v) is 3.73. The summed E-state index contributed by atoms with van der Waals surface area (Å²) in [6.45, 7) is 1.59. The fourth-order valence-corrected chi connectivity index (χ4v) is 1.46. The number of rotatable bonds is 4. The van der Waals surface area contributed by atoms with Crippen molar-refractivity contribution >= 4 is 17.5 Å². The lowest BCUT2D eigenvalue weighted by atomic mass is 10.4. The van der Waals surface area contributed by atoms with Gasteiger partial charge in [-0.1, -0.05) is 6.07 Å². The van der Waals surface area contributed by atoms with E-state index in [2.05, 4.69) is 20.8 Å². The Morgan fingerprint density at radius 3 is 2.89 bits per heavy atom. The van der Waals surface area contributed by atoms with Crippen molar-refractivity contribution in [1.29, 1.82) is 0 Å². The zero-order chi connectivity index (χ0) is 13.0. The first-order valence-corrected chi connectivity index (χ1v) is 5.46. The van der Waals surface area contributed by atoms with Gasteiger partial charge < -0.3 is 10.6 Å². The molecule has 7 heteroatoms. The molecule has 94 valence electrons. The molecule has 0 aromatic carbocycles. The van der Waals surface area contributed by atoms with E-state index in [-0.39, 0.29) is 24.9 Å². The largest absolute Gasteiger partial charge is 0.347 e. The monoisotopic (exact) mass is 247 g/mol. The second kappa shape index (κ2) is 5.26. The molecule has 0 aliphatic rings. The van der Waals surface area contributed by atoms with Gasteiger partial charge in [0.1, 0.15) is 0 Å². The number of carbonyl (C=O) groups is 2. The Hall–Kier alpha value is -2.44. The van der Waals surface area contributed by atoms with Gasteiger partial charge in [-0.25, -0.2) is 0 Å². The summed E-state index contributed by atoms with van der Waals surface area (Å²) in [6.07, 6.45) is 1.82. The van der Waals surface area contributed by atoms with Crippen molar-refractivity contribution in [2.45, 2.75) is 13.5 Å². The van der Waals surface area contributed by atoms with Gasteiger partial charge in [0.05, 0.1) is 13.1 Å². The molecular weight excluding hydrogens is 234 g/mol. The number of hydrogen-bond donors (Lipinski definition) is 2. The first-order valence-electron chi connectivity index (χ1n) is 5.46. The number of fused-ring (bicyclic) bond motifs is 1. The summed E-state index contributed by atoms with van der Waals surface area (Å²) >= 11 is 0. The third-order valence-electron chi connectivity index (χ3n) is 2.33. The molecule has 0 spiro atoms. The molecule has 2 rings (SSSR count). The molecule has 2 N–H and O–H groups in total. The van der Waals surface area contributed by atoms with E-state index in [1.54, 1.807) is 4.40 Å². The van der Waals surface area contributed by atoms with E-state index in [1.165, 1.54) is 6.92 Å². The van der Waals surface area contributed by atoms with Crippen LogP contribution in [0.1, 0.15) is 12.7 Å². The number of aromatic nitrogens is 3. The maximum atomic E-state index is 11.4. The average molecular weight is 247 g/mol. The topological polar surface area (TPSA) is 88.4 Å². The molecule has 0 fully saturated rings. The molecule has 18 heavy (non-hydrogen) atoms. The van der Waals surface area contributed by atoms with Crippen LogP contribution in [0.4, 0.5) is 0 Å². The quantitative estimate of drug-likeness (QED) is 0.761. The molecular formula is C11H13N5O2. The highest BCUT2D eigenvalue weighted by Crippen LogP contribution is 2.01. The van der Waals surface area contributed by atoms with Crippen LogP contribution in [0.3, 0.4) is 0 Å². The molecule has 0 atom stereocenters. The molecule has 0 unspecified atom stereocenters. The fourth-order valence-electron chi connectivity index (χ4n) is 1.46. The highest BCUT2D eigenvalue weighted by atomic mass is 16.2. The van der Waals surface area contributed by atoms with Crippen LogP contribution in [0, 0.1) is 0 Å². The normalized spacial score (nSPS) is 10.3. The molecule has 2 aromatic rings. The fraction of sp³-hybridized carbons (Fsp3) is 0.273. The van der Waals surface area contributed by atoms with Crippen molar-refractivity contribution in [3.8, 4) is 0 Å². The van der Waals surface area contributed by atoms with E-state index in [1.807, 2.05) is 24.4 Å². The number of pyridine rings is 1. The predicted octanol–water partition coefficient (Wildman–Crippen LogP) is -0.518. The lowest BCUT2D eigenvalue weighted by Crippen LogP contribution is -2.35. The summed E-state index contributed by atoms with van der Waals surface area (Å²) in [7, 11) is 0. The number of hydrogen-bond acceptors (Lipinski definition) is 4. The van der Waals surface area contributed by atoms with E-state index in [9.17, 15) is 9.59 Å². The Bertz CT molecular complexity index is 578. The first kappa shape index (κ1) is 12.0. The minimum absolute atomic E-state index is 0.0356. The molecule has 0 aliphatic heterocycles. The van der Waals surface area contributed by atoms with Crippen molar-refractivity contribution in [3.63, 3.8) is 0 Å². The summed E-state index contributed by atoms with van der Waals surface area (Å²) < 4.78 is 1.79. The zero-order valence-corrected chi connectivity index (χ0v) is 9.88. The van der Waals surface area contributed by atoms with Crippen molar-refractivity contribution in [2.75, 3.05) is 6.54 Å². The van der Waals surface area contributed by atoms with Gasteiger partial charge in [-0.05, 0) is 12.1 Å². The average Bonchev–Trinajstić information content (AvgIpc) is 2.77. The lowest BCUT2D eigenvalue weighted by Gasteiger charge is -2.04. The van der Waals surface area contributed by atoms with Crippen molar-refractivity contribution in [3.05, 3.63) is 30.2 Å². The molecule has 0 bridgehead atoms. The van der Waals surface area contributed by atoms with Crippen molar-refractivity contribution in [1.82, 2.24) is 25.2 Å². The van der Waals surface area contributed by atoms with Crippen molar-refractivity contribution in [2.24, 2.45) is 0 Å². The van der Waals surface area contributed by atoms with E-state index < -0.39 is 0 Å². The van der Waals surface area contributed by atoms with Crippen LogP contribution < -0.4 is 10.6 Å². The summed E-state index contributed by atoms with van der Waals surface area (Å²) in [4.78, 5) is 22.0. The highest BCUT2D eigenvalue weighted by molar-refractivity contribution is 5.83. The molecule has 7 nitrogen and oxygen atoms in total. The maximum absolute atomic E-state index is 11.4. The summed E-state index contributed by atoms with van der Waals surface area (Å²) in [6, 6.07) is 5.55. The second-order valence-electron chi connectivity index (χ2n) is 3.73. The summed E-state index contributed by atoms with van der Waals surface area (Å²) in [5, 5.41) is 13.0. The molecule has 0 radical (unpaired) electrons. The molecule has 2 amide bonds. The SMILES string of the molecule is CC(=O)NCC(=O)NCc1nnc2ccccn12. The van der Waals surface area contributed by atoms with Crippen molar-refractivity contribution < 1.29 is 9.59 Å². The van der Waals surface area contributed by atoms with E-state index in [0.717, 1.165) is 5.65 Å². The lowest BCUT2D eigenvalue weighted by molar-refractivity contribution is -0.125. The smallest absolute Gasteiger partial charge is 0.239 e. The minimum Gasteiger partial charge on any atom is -0.347 e. The van der Waals surface area contributed by atoms with Crippen LogP contribution in [0.5, 0.6) is 0 Å². The Balaban J connectivity index is 1.94. The van der Waals surface area contributed by atoms with Crippen LogP contribution in [0.25, 0.3) is 5.65 Å². The molecule has 0 saturated carbocycles. The van der Waals surface area contributed by atoms with Gasteiger partial charge in [0.2, 0.25) is 11.8 Å². The van der Waals surface area contributed by atoms with E-state index in [4.69, 9.17) is 0 Å². The van der Waals surface area contributed by atoms with Crippen LogP contribution in [-0.2, 0) is 16.1 Å². The van der Waals surface area contributed by atoms with Gasteiger partial charge in [0.25, 0.3) is 0 Å². The van der Waals surface area contributed by atoms with E-state index >= 15 is 0 Å². The van der Waals surface area contributed by atoms with Gasteiger partial charge in [0, 0.05) is 13.1 Å². The highest BCUT2D eigenvalue weighted by Gasteiger charge is 2.06. The molecule has 2 aromatic heterocycles. The number of nitrogens with one attached hydrogen (secondary N) is 2. The minimum atomic E-state index is -0.266. The van der Waals surface area contributed by atoms with Gasteiger partial charge in [-0.3, -0.25) is 14.0 Å². The molecule has 0 aliphatic carbocycles. The number of carbonyl (C=O) groups excluding carboxylic acids is 2. The van der Waals surface area contributed by atoms with E-state index in [0.29, 0.717) is 5.82 Å².